The minimum Gasteiger partial charge on any atom is -0.382 e. The lowest BCUT2D eigenvalue weighted by molar-refractivity contribution is -0.143. The first-order valence-corrected chi connectivity index (χ1v) is 7.72. The van der Waals surface area contributed by atoms with Gasteiger partial charge < -0.3 is 9.64 Å². The van der Waals surface area contributed by atoms with E-state index in [0.717, 1.165) is 58.4 Å². The molecule has 0 aromatic rings. The van der Waals surface area contributed by atoms with E-state index in [2.05, 4.69) is 11.5 Å². The van der Waals surface area contributed by atoms with Crippen LogP contribution in [0.1, 0.15) is 51.9 Å². The molecule has 1 saturated heterocycles. The average molecular weight is 265 g/mol. The summed E-state index contributed by atoms with van der Waals surface area (Å²) < 4.78 is 5.49. The molecule has 2 fully saturated rings. The zero-order valence-corrected chi connectivity index (χ0v) is 12.2. The van der Waals surface area contributed by atoms with E-state index in [9.17, 15) is 4.79 Å². The maximum atomic E-state index is 12.9. The van der Waals surface area contributed by atoms with Gasteiger partial charge in [-0.25, -0.2) is 0 Å². The van der Waals surface area contributed by atoms with Gasteiger partial charge in [-0.3, -0.25) is 4.79 Å². The van der Waals surface area contributed by atoms with E-state index < -0.39 is 0 Å². The van der Waals surface area contributed by atoms with Crippen LogP contribution in [0.25, 0.3) is 0 Å². The number of piperidine rings is 1. The highest BCUT2D eigenvalue weighted by Crippen LogP contribution is 2.43. The number of rotatable bonds is 5. The van der Waals surface area contributed by atoms with Crippen molar-refractivity contribution in [2.75, 3.05) is 26.3 Å². The van der Waals surface area contributed by atoms with Crippen LogP contribution in [0.4, 0.5) is 0 Å². The summed E-state index contributed by atoms with van der Waals surface area (Å²) in [6.45, 7) is 9.25. The highest BCUT2D eigenvalue weighted by molar-refractivity contribution is 5.83. The summed E-state index contributed by atoms with van der Waals surface area (Å²) in [6, 6.07) is 0. The molecule has 108 valence electrons. The van der Waals surface area contributed by atoms with Gasteiger partial charge in [0.2, 0.25) is 5.91 Å². The van der Waals surface area contributed by atoms with Crippen molar-refractivity contribution in [3.63, 3.8) is 0 Å². The van der Waals surface area contributed by atoms with Gasteiger partial charge in [0.1, 0.15) is 0 Å². The molecule has 0 spiro atoms. The summed E-state index contributed by atoms with van der Waals surface area (Å²) in [5.41, 5.74) is 1.17. The van der Waals surface area contributed by atoms with Crippen molar-refractivity contribution in [3.05, 3.63) is 12.2 Å². The van der Waals surface area contributed by atoms with Crippen molar-refractivity contribution in [3.8, 4) is 0 Å². The molecule has 0 N–H and O–H groups in total. The van der Waals surface area contributed by atoms with Gasteiger partial charge in [0.25, 0.3) is 0 Å². The van der Waals surface area contributed by atoms with Crippen LogP contribution in [0.2, 0.25) is 0 Å². The smallest absolute Gasteiger partial charge is 0.228 e. The highest BCUT2D eigenvalue weighted by atomic mass is 16.5. The molecular formula is C16H27NO2. The van der Waals surface area contributed by atoms with Gasteiger partial charge in [0.05, 0.1) is 5.41 Å². The lowest BCUT2D eigenvalue weighted by atomic mass is 9.81. The molecule has 1 aliphatic carbocycles. The Hall–Kier alpha value is -0.830. The SMILES string of the molecule is C=C1CCN(C(=O)C2(CCOCC)CCCC2)CC1. The van der Waals surface area contributed by atoms with E-state index >= 15 is 0 Å². The maximum Gasteiger partial charge on any atom is 0.228 e. The molecule has 1 heterocycles. The number of carbonyl (C=O) groups excluding carboxylic acids is 1. The number of hydrogen-bond donors (Lipinski definition) is 0. The molecule has 2 aliphatic rings. The first-order valence-electron chi connectivity index (χ1n) is 7.72. The largest absolute Gasteiger partial charge is 0.382 e. The third-order valence-electron chi connectivity index (χ3n) is 4.70. The Labute approximate surface area is 117 Å². The zero-order chi connectivity index (χ0) is 13.7. The van der Waals surface area contributed by atoms with E-state index in [4.69, 9.17) is 4.74 Å². The number of likely N-dealkylation sites (tertiary alicyclic amines) is 1. The lowest BCUT2D eigenvalue weighted by Crippen LogP contribution is -2.45. The third-order valence-corrected chi connectivity index (χ3v) is 4.70. The van der Waals surface area contributed by atoms with Gasteiger partial charge in [-0.2, -0.15) is 0 Å². The molecule has 2 rings (SSSR count). The predicted molar refractivity (Wildman–Crippen MR) is 77.0 cm³/mol. The van der Waals surface area contributed by atoms with Crippen molar-refractivity contribution in [1.82, 2.24) is 4.90 Å². The summed E-state index contributed by atoms with van der Waals surface area (Å²) in [5, 5.41) is 0. The van der Waals surface area contributed by atoms with Crippen LogP contribution in [0.3, 0.4) is 0 Å². The fraction of sp³-hybridized carbons (Fsp3) is 0.812. The number of carbonyl (C=O) groups is 1. The Morgan fingerprint density at radius 2 is 1.95 bits per heavy atom. The van der Waals surface area contributed by atoms with E-state index in [0.29, 0.717) is 5.91 Å². The van der Waals surface area contributed by atoms with Crippen molar-refractivity contribution < 1.29 is 9.53 Å². The number of amides is 1. The van der Waals surface area contributed by atoms with E-state index in [1.165, 1.54) is 18.4 Å². The molecule has 1 amide bonds. The van der Waals surface area contributed by atoms with Crippen LogP contribution in [0, 0.1) is 5.41 Å². The summed E-state index contributed by atoms with van der Waals surface area (Å²) in [5.74, 6) is 0.386. The first kappa shape index (κ1) is 14.6. The minimum absolute atomic E-state index is 0.117. The van der Waals surface area contributed by atoms with Gasteiger partial charge in [-0.05, 0) is 39.0 Å². The number of ether oxygens (including phenoxy) is 1. The van der Waals surface area contributed by atoms with Crippen molar-refractivity contribution >= 4 is 5.91 Å². The lowest BCUT2D eigenvalue weighted by Gasteiger charge is -2.37. The Balaban J connectivity index is 1.97. The van der Waals surface area contributed by atoms with Crippen molar-refractivity contribution in [2.45, 2.75) is 51.9 Å². The summed E-state index contributed by atoms with van der Waals surface area (Å²) in [4.78, 5) is 14.9. The molecule has 0 unspecified atom stereocenters. The van der Waals surface area contributed by atoms with Crippen LogP contribution < -0.4 is 0 Å². The summed E-state index contributed by atoms with van der Waals surface area (Å²) >= 11 is 0. The predicted octanol–water partition coefficient (Wildman–Crippen LogP) is 3.15. The normalized spacial score (nSPS) is 22.8. The molecule has 0 radical (unpaired) electrons. The quantitative estimate of drug-likeness (QED) is 0.564. The second-order valence-corrected chi connectivity index (χ2v) is 5.98. The molecular weight excluding hydrogens is 238 g/mol. The van der Waals surface area contributed by atoms with Crippen LogP contribution >= 0.6 is 0 Å². The van der Waals surface area contributed by atoms with Crippen LogP contribution in [-0.2, 0) is 9.53 Å². The Bertz CT molecular complexity index is 322. The maximum absolute atomic E-state index is 12.9. The molecule has 0 bridgehead atoms. The zero-order valence-electron chi connectivity index (χ0n) is 12.2. The Kier molecular flexibility index (Phi) is 5.03. The molecule has 3 heteroatoms. The molecule has 0 aromatic heterocycles. The minimum atomic E-state index is -0.117. The standard InChI is InChI=1S/C16H27NO2/c1-3-19-13-10-16(8-4-5-9-16)15(18)17-11-6-14(2)7-12-17/h2-13H2,1H3. The Morgan fingerprint density at radius 3 is 2.53 bits per heavy atom. The molecule has 1 aliphatic heterocycles. The average Bonchev–Trinajstić information content (AvgIpc) is 2.89. The molecule has 0 atom stereocenters. The van der Waals surface area contributed by atoms with E-state index in [-0.39, 0.29) is 5.41 Å². The van der Waals surface area contributed by atoms with Gasteiger partial charge >= 0.3 is 0 Å². The van der Waals surface area contributed by atoms with Crippen molar-refractivity contribution in [1.29, 1.82) is 0 Å². The van der Waals surface area contributed by atoms with Crippen molar-refractivity contribution in [2.24, 2.45) is 5.41 Å². The summed E-state index contributed by atoms with van der Waals surface area (Å²) in [6.07, 6.45) is 7.35. The van der Waals surface area contributed by atoms with Crippen LogP contribution in [-0.4, -0.2) is 37.1 Å². The van der Waals surface area contributed by atoms with Gasteiger partial charge in [0.15, 0.2) is 0 Å². The number of hydrogen-bond acceptors (Lipinski definition) is 2. The number of nitrogens with zero attached hydrogens (tertiary/aromatic N) is 1. The Morgan fingerprint density at radius 1 is 1.32 bits per heavy atom. The second-order valence-electron chi connectivity index (χ2n) is 5.98. The van der Waals surface area contributed by atoms with E-state index in [1.54, 1.807) is 0 Å². The van der Waals surface area contributed by atoms with Crippen LogP contribution in [0.15, 0.2) is 12.2 Å². The monoisotopic (exact) mass is 265 g/mol. The van der Waals surface area contributed by atoms with Gasteiger partial charge in [0, 0.05) is 26.3 Å². The van der Waals surface area contributed by atoms with Crippen LogP contribution in [0.5, 0.6) is 0 Å². The molecule has 0 aromatic carbocycles. The molecule has 19 heavy (non-hydrogen) atoms. The fourth-order valence-corrected chi connectivity index (χ4v) is 3.40. The summed E-state index contributed by atoms with van der Waals surface area (Å²) in [7, 11) is 0. The topological polar surface area (TPSA) is 29.5 Å². The fourth-order valence-electron chi connectivity index (χ4n) is 3.40. The molecule has 3 nitrogen and oxygen atoms in total. The van der Waals surface area contributed by atoms with Gasteiger partial charge in [-0.1, -0.05) is 25.0 Å². The van der Waals surface area contributed by atoms with Gasteiger partial charge in [-0.15, -0.1) is 0 Å². The third kappa shape index (κ3) is 3.38. The second kappa shape index (κ2) is 6.56. The molecule has 1 saturated carbocycles. The highest BCUT2D eigenvalue weighted by Gasteiger charge is 2.43. The first-order chi connectivity index (χ1) is 9.18. The van der Waals surface area contributed by atoms with E-state index in [1.807, 2.05) is 6.92 Å².